The zero-order valence-corrected chi connectivity index (χ0v) is 10.1. The Balaban J connectivity index is 2.74. The molecule has 0 saturated carbocycles. The lowest BCUT2D eigenvalue weighted by molar-refractivity contribution is -0.135. The Morgan fingerprint density at radius 2 is 2.18 bits per heavy atom. The van der Waals surface area contributed by atoms with Gasteiger partial charge in [0, 0.05) is 4.47 Å². The van der Waals surface area contributed by atoms with Gasteiger partial charge >= 0.3 is 12.0 Å². The fraction of sp³-hybridized carbons (Fsp3) is 0.100. The first-order valence-electron chi connectivity index (χ1n) is 4.49. The highest BCUT2D eigenvalue weighted by Crippen LogP contribution is 2.20. The Morgan fingerprint density at radius 1 is 1.47 bits per heavy atom. The second-order valence-electron chi connectivity index (χ2n) is 3.00. The van der Waals surface area contributed by atoms with Gasteiger partial charge in [0.15, 0.2) is 0 Å². The van der Waals surface area contributed by atoms with Gasteiger partial charge in [-0.3, -0.25) is 4.79 Å². The van der Waals surface area contributed by atoms with Crippen LogP contribution in [0.4, 0.5) is 10.5 Å². The van der Waals surface area contributed by atoms with Crippen molar-refractivity contribution >= 4 is 33.6 Å². The number of benzene rings is 1. The largest absolute Gasteiger partial charge is 0.480 e. The third kappa shape index (κ3) is 4.12. The van der Waals surface area contributed by atoms with Crippen LogP contribution in [0.25, 0.3) is 0 Å². The fourth-order valence-corrected chi connectivity index (χ4v) is 1.40. The van der Waals surface area contributed by atoms with Crippen LogP contribution < -0.4 is 10.6 Å². The summed E-state index contributed by atoms with van der Waals surface area (Å²) in [6.45, 7) is -0.484. The molecular formula is C10H8BrN3O3. The normalized spacial score (nSPS) is 9.18. The second kappa shape index (κ2) is 5.86. The minimum absolute atomic E-state index is 0.290. The highest BCUT2D eigenvalue weighted by Gasteiger charge is 2.08. The molecule has 7 heteroatoms. The molecule has 0 fully saturated rings. The highest BCUT2D eigenvalue weighted by molar-refractivity contribution is 9.10. The lowest BCUT2D eigenvalue weighted by atomic mass is 10.2. The number of carbonyl (C=O) groups is 2. The zero-order chi connectivity index (χ0) is 12.8. The Morgan fingerprint density at radius 3 is 2.76 bits per heavy atom. The lowest BCUT2D eigenvalue weighted by Crippen LogP contribution is -2.33. The van der Waals surface area contributed by atoms with Crippen molar-refractivity contribution in [2.24, 2.45) is 0 Å². The molecule has 0 aromatic heterocycles. The number of rotatable bonds is 3. The van der Waals surface area contributed by atoms with Gasteiger partial charge in [0.2, 0.25) is 0 Å². The molecule has 1 rings (SSSR count). The first kappa shape index (κ1) is 13.0. The van der Waals surface area contributed by atoms with Crippen molar-refractivity contribution < 1.29 is 14.7 Å². The SMILES string of the molecule is N#Cc1ccc(Br)cc1NC(=O)NCC(=O)O. The van der Waals surface area contributed by atoms with E-state index in [1.54, 1.807) is 12.1 Å². The molecule has 0 aliphatic carbocycles. The molecule has 0 radical (unpaired) electrons. The number of hydrogen-bond donors (Lipinski definition) is 3. The number of amides is 2. The van der Waals surface area contributed by atoms with E-state index < -0.39 is 18.5 Å². The maximum absolute atomic E-state index is 11.3. The molecule has 0 heterocycles. The number of aliphatic carboxylic acids is 1. The van der Waals surface area contributed by atoms with Gasteiger partial charge in [-0.05, 0) is 18.2 Å². The third-order valence-electron chi connectivity index (χ3n) is 1.75. The monoisotopic (exact) mass is 297 g/mol. The standard InChI is InChI=1S/C10H8BrN3O3/c11-7-2-1-6(4-12)8(3-7)14-10(17)13-5-9(15)16/h1-3H,5H2,(H,15,16)(H2,13,14,17). The van der Waals surface area contributed by atoms with Crippen LogP contribution in [0.15, 0.2) is 22.7 Å². The van der Waals surface area contributed by atoms with Crippen molar-refractivity contribution in [2.45, 2.75) is 0 Å². The molecule has 1 aromatic carbocycles. The molecule has 2 amide bonds. The van der Waals surface area contributed by atoms with Crippen LogP contribution in [0.1, 0.15) is 5.56 Å². The molecule has 0 atom stereocenters. The van der Waals surface area contributed by atoms with Crippen molar-refractivity contribution in [3.05, 3.63) is 28.2 Å². The number of nitriles is 1. The van der Waals surface area contributed by atoms with Crippen molar-refractivity contribution in [1.82, 2.24) is 5.32 Å². The van der Waals surface area contributed by atoms with E-state index >= 15 is 0 Å². The van der Waals surface area contributed by atoms with Gasteiger partial charge in [-0.15, -0.1) is 0 Å². The molecule has 0 aliphatic rings. The average molecular weight is 298 g/mol. The van der Waals surface area contributed by atoms with Crippen LogP contribution in [0.3, 0.4) is 0 Å². The summed E-state index contributed by atoms with van der Waals surface area (Å²) in [5.41, 5.74) is 0.600. The molecule has 0 aliphatic heterocycles. The van der Waals surface area contributed by atoms with Crippen LogP contribution in [-0.4, -0.2) is 23.7 Å². The van der Waals surface area contributed by atoms with Gasteiger partial charge in [-0.2, -0.15) is 5.26 Å². The summed E-state index contributed by atoms with van der Waals surface area (Å²) in [4.78, 5) is 21.5. The number of carbonyl (C=O) groups excluding carboxylic acids is 1. The van der Waals surface area contributed by atoms with Gasteiger partial charge < -0.3 is 15.7 Å². The molecule has 0 bridgehead atoms. The number of carboxylic acids is 1. The minimum Gasteiger partial charge on any atom is -0.480 e. The van der Waals surface area contributed by atoms with E-state index in [2.05, 4.69) is 26.6 Å². The molecule has 0 unspecified atom stereocenters. The van der Waals surface area contributed by atoms with Gasteiger partial charge in [0.05, 0.1) is 11.3 Å². The quantitative estimate of drug-likeness (QED) is 0.787. The van der Waals surface area contributed by atoms with Crippen molar-refractivity contribution in [3.63, 3.8) is 0 Å². The van der Waals surface area contributed by atoms with Crippen LogP contribution in [0, 0.1) is 11.3 Å². The molecule has 1 aromatic rings. The van der Waals surface area contributed by atoms with E-state index in [-0.39, 0.29) is 0 Å². The molecule has 6 nitrogen and oxygen atoms in total. The van der Waals surface area contributed by atoms with E-state index in [9.17, 15) is 9.59 Å². The number of nitrogens with one attached hydrogen (secondary N) is 2. The van der Waals surface area contributed by atoms with Crippen LogP contribution in [-0.2, 0) is 4.79 Å². The number of urea groups is 1. The fourth-order valence-electron chi connectivity index (χ4n) is 1.04. The Labute approximate surface area is 105 Å². The first-order valence-corrected chi connectivity index (χ1v) is 5.28. The second-order valence-corrected chi connectivity index (χ2v) is 3.92. The van der Waals surface area contributed by atoms with Gasteiger partial charge in [0.25, 0.3) is 0 Å². The molecule has 17 heavy (non-hydrogen) atoms. The van der Waals surface area contributed by atoms with Crippen molar-refractivity contribution in [3.8, 4) is 6.07 Å². The minimum atomic E-state index is -1.14. The predicted molar refractivity (Wildman–Crippen MR) is 63.5 cm³/mol. The number of carboxylic acid groups (broad SMARTS) is 1. The Bertz CT molecular complexity index is 496. The Hall–Kier alpha value is -2.07. The number of hydrogen-bond acceptors (Lipinski definition) is 3. The van der Waals surface area contributed by atoms with Gasteiger partial charge in [-0.25, -0.2) is 4.79 Å². The van der Waals surface area contributed by atoms with E-state index in [1.807, 2.05) is 6.07 Å². The van der Waals surface area contributed by atoms with Crippen molar-refractivity contribution in [2.75, 3.05) is 11.9 Å². The lowest BCUT2D eigenvalue weighted by Gasteiger charge is -2.07. The number of anilines is 1. The molecular weight excluding hydrogens is 290 g/mol. The molecule has 3 N–H and O–H groups in total. The highest BCUT2D eigenvalue weighted by atomic mass is 79.9. The summed E-state index contributed by atoms with van der Waals surface area (Å²) < 4.78 is 0.699. The summed E-state index contributed by atoms with van der Waals surface area (Å²) in [6, 6.07) is 5.99. The summed E-state index contributed by atoms with van der Waals surface area (Å²) in [6.07, 6.45) is 0. The maximum atomic E-state index is 11.3. The maximum Gasteiger partial charge on any atom is 0.323 e. The summed E-state index contributed by atoms with van der Waals surface area (Å²) in [5, 5.41) is 21.7. The molecule has 0 spiro atoms. The molecule has 0 saturated heterocycles. The van der Waals surface area contributed by atoms with Crippen molar-refractivity contribution in [1.29, 1.82) is 5.26 Å². The zero-order valence-electron chi connectivity index (χ0n) is 8.53. The van der Waals surface area contributed by atoms with Gasteiger partial charge in [-0.1, -0.05) is 15.9 Å². The number of nitrogens with zero attached hydrogens (tertiary/aromatic N) is 1. The van der Waals surface area contributed by atoms with E-state index in [1.165, 1.54) is 6.07 Å². The van der Waals surface area contributed by atoms with E-state index in [4.69, 9.17) is 10.4 Å². The Kier molecular flexibility index (Phi) is 4.48. The average Bonchev–Trinajstić information content (AvgIpc) is 2.27. The van der Waals surface area contributed by atoms with Crippen LogP contribution >= 0.6 is 15.9 Å². The summed E-state index contributed by atoms with van der Waals surface area (Å²) in [5.74, 6) is -1.14. The van der Waals surface area contributed by atoms with Crippen LogP contribution in [0.2, 0.25) is 0 Å². The number of halogens is 1. The third-order valence-corrected chi connectivity index (χ3v) is 2.24. The first-order chi connectivity index (χ1) is 8.02. The summed E-state index contributed by atoms with van der Waals surface area (Å²) in [7, 11) is 0. The topological polar surface area (TPSA) is 102 Å². The smallest absolute Gasteiger partial charge is 0.323 e. The van der Waals surface area contributed by atoms with Crippen LogP contribution in [0.5, 0.6) is 0 Å². The van der Waals surface area contributed by atoms with Gasteiger partial charge in [0.1, 0.15) is 12.6 Å². The van der Waals surface area contributed by atoms with E-state index in [0.717, 1.165) is 0 Å². The molecule has 88 valence electrons. The van der Waals surface area contributed by atoms with E-state index in [0.29, 0.717) is 15.7 Å². The summed E-state index contributed by atoms with van der Waals surface area (Å²) >= 11 is 3.20. The predicted octanol–water partition coefficient (Wildman–Crippen LogP) is 1.53.